The van der Waals surface area contributed by atoms with Crippen molar-refractivity contribution in [1.29, 1.82) is 0 Å². The number of nitrogens with zero attached hydrogens (tertiary/aromatic N) is 1. The molecule has 0 heterocycles. The fraction of sp³-hybridized carbons (Fsp3) is 0.208. The maximum atomic E-state index is 12.6. The van der Waals surface area contributed by atoms with E-state index in [9.17, 15) is 21.6 Å². The van der Waals surface area contributed by atoms with Crippen molar-refractivity contribution in [3.63, 3.8) is 0 Å². The van der Waals surface area contributed by atoms with Crippen LogP contribution in [-0.4, -0.2) is 54.1 Å². The molecule has 0 atom stereocenters. The summed E-state index contributed by atoms with van der Waals surface area (Å²) < 4.78 is 62.5. The summed E-state index contributed by atoms with van der Waals surface area (Å²) >= 11 is 0. The van der Waals surface area contributed by atoms with Crippen molar-refractivity contribution >= 4 is 37.3 Å². The summed E-state index contributed by atoms with van der Waals surface area (Å²) in [5, 5.41) is 2.64. The second-order valence-corrected chi connectivity index (χ2v) is 11.6. The fourth-order valence-corrected chi connectivity index (χ4v) is 4.44. The molecule has 1 amide bonds. The van der Waals surface area contributed by atoms with Crippen molar-refractivity contribution in [3.8, 4) is 11.5 Å². The average Bonchev–Trinajstić information content (AvgIpc) is 2.83. The Morgan fingerprint density at radius 1 is 0.833 bits per heavy atom. The van der Waals surface area contributed by atoms with Crippen LogP contribution in [-0.2, 0) is 31.4 Å². The number of ether oxygens (including phenoxy) is 2. The molecule has 0 saturated heterocycles. The van der Waals surface area contributed by atoms with E-state index >= 15 is 0 Å². The average molecular weight is 534 g/mol. The topological polar surface area (TPSA) is 131 Å². The van der Waals surface area contributed by atoms with Gasteiger partial charge in [0.2, 0.25) is 10.0 Å². The van der Waals surface area contributed by atoms with Crippen LogP contribution < -0.4 is 19.5 Å². The van der Waals surface area contributed by atoms with Gasteiger partial charge in [-0.2, -0.15) is 0 Å². The van der Waals surface area contributed by atoms with Gasteiger partial charge < -0.3 is 14.8 Å². The Hall–Kier alpha value is -3.61. The van der Waals surface area contributed by atoms with Gasteiger partial charge in [0.15, 0.2) is 6.61 Å². The van der Waals surface area contributed by atoms with Crippen LogP contribution in [0.25, 0.3) is 0 Å². The molecule has 192 valence electrons. The molecule has 3 aromatic rings. The highest BCUT2D eigenvalue weighted by Crippen LogP contribution is 2.21. The van der Waals surface area contributed by atoms with Crippen LogP contribution in [0.3, 0.4) is 0 Å². The lowest BCUT2D eigenvalue weighted by molar-refractivity contribution is -0.118. The third kappa shape index (κ3) is 7.70. The minimum atomic E-state index is -3.81. The molecule has 3 aromatic carbocycles. The zero-order valence-electron chi connectivity index (χ0n) is 20.0. The maximum Gasteiger partial charge on any atom is 0.262 e. The van der Waals surface area contributed by atoms with Gasteiger partial charge in [0.05, 0.1) is 18.3 Å². The zero-order valence-corrected chi connectivity index (χ0v) is 21.6. The molecule has 12 heteroatoms. The Morgan fingerprint density at radius 3 is 1.94 bits per heavy atom. The van der Waals surface area contributed by atoms with Crippen molar-refractivity contribution in [2.75, 3.05) is 37.1 Å². The molecule has 0 aliphatic carbocycles. The van der Waals surface area contributed by atoms with Gasteiger partial charge in [0.25, 0.3) is 15.9 Å². The summed E-state index contributed by atoms with van der Waals surface area (Å²) in [6.07, 6.45) is 1.13. The van der Waals surface area contributed by atoms with E-state index in [2.05, 4.69) is 10.0 Å². The minimum absolute atomic E-state index is 0.0363. The molecule has 0 aromatic heterocycles. The number of nitrogens with one attached hydrogen (secondary N) is 2. The van der Waals surface area contributed by atoms with Crippen LogP contribution in [0.4, 0.5) is 11.4 Å². The van der Waals surface area contributed by atoms with Gasteiger partial charge >= 0.3 is 0 Å². The van der Waals surface area contributed by atoms with Crippen molar-refractivity contribution in [1.82, 2.24) is 4.31 Å². The molecule has 0 bridgehead atoms. The highest BCUT2D eigenvalue weighted by atomic mass is 32.2. The van der Waals surface area contributed by atoms with E-state index in [0.717, 1.165) is 11.8 Å². The lowest BCUT2D eigenvalue weighted by Gasteiger charge is -2.14. The summed E-state index contributed by atoms with van der Waals surface area (Å²) in [5.41, 5.74) is 1.57. The van der Waals surface area contributed by atoms with Gasteiger partial charge in [-0.15, -0.1) is 0 Å². The number of rotatable bonds is 11. The Kier molecular flexibility index (Phi) is 8.56. The second kappa shape index (κ2) is 11.4. The van der Waals surface area contributed by atoms with E-state index in [-0.39, 0.29) is 18.0 Å². The van der Waals surface area contributed by atoms with Crippen LogP contribution in [0.5, 0.6) is 11.5 Å². The first-order valence-electron chi connectivity index (χ1n) is 10.7. The normalized spacial score (nSPS) is 11.7. The molecule has 0 radical (unpaired) electrons. The second-order valence-electron chi connectivity index (χ2n) is 7.86. The third-order valence-electron chi connectivity index (χ3n) is 5.06. The molecule has 0 fully saturated rings. The largest absolute Gasteiger partial charge is 0.497 e. The molecule has 10 nitrogen and oxygen atoms in total. The third-order valence-corrected chi connectivity index (χ3v) is 7.71. The molecule has 2 N–H and O–H groups in total. The first-order chi connectivity index (χ1) is 17.0. The van der Waals surface area contributed by atoms with Crippen molar-refractivity contribution in [3.05, 3.63) is 78.4 Å². The maximum absolute atomic E-state index is 12.6. The summed E-state index contributed by atoms with van der Waals surface area (Å²) in [6, 6.07) is 18.9. The predicted molar refractivity (Wildman–Crippen MR) is 137 cm³/mol. The fourth-order valence-electron chi connectivity index (χ4n) is 3.00. The summed E-state index contributed by atoms with van der Waals surface area (Å²) in [6.45, 7) is -0.0391. The van der Waals surface area contributed by atoms with Gasteiger partial charge in [0.1, 0.15) is 11.5 Å². The highest BCUT2D eigenvalue weighted by Gasteiger charge is 2.15. The van der Waals surface area contributed by atoms with E-state index in [1.807, 2.05) is 0 Å². The van der Waals surface area contributed by atoms with Crippen LogP contribution in [0.15, 0.2) is 77.7 Å². The molecule has 0 unspecified atom stereocenters. The molecule has 0 spiro atoms. The number of amides is 1. The molecule has 0 aliphatic rings. The van der Waals surface area contributed by atoms with Gasteiger partial charge in [-0.25, -0.2) is 21.1 Å². The number of hydrogen-bond donors (Lipinski definition) is 2. The predicted octanol–water partition coefficient (Wildman–Crippen LogP) is 2.90. The van der Waals surface area contributed by atoms with E-state index in [1.54, 1.807) is 48.5 Å². The summed E-state index contributed by atoms with van der Waals surface area (Å²) in [7, 11) is -4.08. The standard InChI is InChI=1S/C24H27N3O7S2/c1-27(35(3,29)30)16-18-4-10-22(11-5-18)34-17-24(28)25-19-8-14-23(15-9-19)36(31,32)26-20-6-12-21(33-2)13-7-20/h4-15,26H,16-17H2,1-3H3,(H,25,28). The Morgan fingerprint density at radius 2 is 1.39 bits per heavy atom. The van der Waals surface area contributed by atoms with E-state index in [1.165, 1.54) is 42.7 Å². The van der Waals surface area contributed by atoms with Crippen LogP contribution >= 0.6 is 0 Å². The van der Waals surface area contributed by atoms with Crippen molar-refractivity contribution in [2.24, 2.45) is 0 Å². The number of carbonyl (C=O) groups excluding carboxylic acids is 1. The van der Waals surface area contributed by atoms with Gasteiger partial charge in [-0.05, 0) is 66.2 Å². The number of anilines is 2. The molecule has 0 saturated carbocycles. The Labute approximate surface area is 211 Å². The van der Waals surface area contributed by atoms with Gasteiger partial charge in [-0.3, -0.25) is 9.52 Å². The first kappa shape index (κ1) is 27.0. The van der Waals surface area contributed by atoms with Crippen molar-refractivity contribution in [2.45, 2.75) is 11.4 Å². The number of carbonyl (C=O) groups is 1. The van der Waals surface area contributed by atoms with E-state index < -0.39 is 26.0 Å². The first-order valence-corrected chi connectivity index (χ1v) is 14.0. The lowest BCUT2D eigenvalue weighted by atomic mass is 10.2. The molecule has 0 aliphatic heterocycles. The monoisotopic (exact) mass is 533 g/mol. The number of methoxy groups -OCH3 is 1. The molecular weight excluding hydrogens is 506 g/mol. The van der Waals surface area contributed by atoms with Crippen molar-refractivity contribution < 1.29 is 31.1 Å². The van der Waals surface area contributed by atoms with Gasteiger partial charge in [0, 0.05) is 25.0 Å². The number of sulfonamides is 2. The minimum Gasteiger partial charge on any atom is -0.497 e. The molecular formula is C24H27N3O7S2. The Balaban J connectivity index is 1.51. The SMILES string of the molecule is COc1ccc(NS(=O)(=O)c2ccc(NC(=O)COc3ccc(CN(C)S(C)(=O)=O)cc3)cc2)cc1. The van der Waals surface area contributed by atoms with Crippen LogP contribution in [0, 0.1) is 0 Å². The smallest absolute Gasteiger partial charge is 0.262 e. The highest BCUT2D eigenvalue weighted by molar-refractivity contribution is 7.92. The lowest BCUT2D eigenvalue weighted by Crippen LogP contribution is -2.24. The molecule has 36 heavy (non-hydrogen) atoms. The molecule has 3 rings (SSSR count). The zero-order chi connectivity index (χ0) is 26.3. The number of benzene rings is 3. The Bertz CT molecular complexity index is 1390. The number of hydrogen-bond acceptors (Lipinski definition) is 7. The van der Waals surface area contributed by atoms with E-state index in [4.69, 9.17) is 9.47 Å². The summed E-state index contributed by atoms with van der Waals surface area (Å²) in [4.78, 5) is 12.3. The van der Waals surface area contributed by atoms with E-state index in [0.29, 0.717) is 22.9 Å². The van der Waals surface area contributed by atoms with Gasteiger partial charge in [-0.1, -0.05) is 12.1 Å². The van der Waals surface area contributed by atoms with Crippen LogP contribution in [0.1, 0.15) is 5.56 Å². The van der Waals surface area contributed by atoms with Crippen LogP contribution in [0.2, 0.25) is 0 Å². The summed E-state index contributed by atoms with van der Waals surface area (Å²) in [5.74, 6) is 0.626. The quantitative estimate of drug-likeness (QED) is 0.387.